The molecule has 4 aliphatic rings. The van der Waals surface area contributed by atoms with E-state index in [1.807, 2.05) is 26.8 Å². The van der Waals surface area contributed by atoms with Gasteiger partial charge in [-0.05, 0) is 61.8 Å². The Morgan fingerprint density at radius 3 is 2.35 bits per heavy atom. The molecule has 5 rings (SSSR count). The van der Waals surface area contributed by atoms with Crippen molar-refractivity contribution >= 4 is 52.7 Å². The van der Waals surface area contributed by atoms with Crippen LogP contribution in [0.25, 0.3) is 0 Å². The summed E-state index contributed by atoms with van der Waals surface area (Å²) in [5, 5.41) is 27.4. The maximum atomic E-state index is 13.6. The number of carboxylic acids is 2. The molecule has 0 aliphatic heterocycles. The van der Waals surface area contributed by atoms with E-state index in [1.54, 1.807) is 12.1 Å². The third-order valence-corrected chi connectivity index (χ3v) is 11.2. The van der Waals surface area contributed by atoms with Crippen LogP contribution in [0.15, 0.2) is 58.8 Å². The van der Waals surface area contributed by atoms with Crippen molar-refractivity contribution in [1.82, 2.24) is 0 Å². The van der Waals surface area contributed by atoms with Crippen LogP contribution in [-0.2, 0) is 23.9 Å². The van der Waals surface area contributed by atoms with Gasteiger partial charge in [0.25, 0.3) is 0 Å². The molecule has 0 saturated heterocycles. The first-order valence-corrected chi connectivity index (χ1v) is 14.8. The number of aliphatic hydroxyl groups is 1. The number of esters is 1. The van der Waals surface area contributed by atoms with Crippen LogP contribution in [-0.4, -0.2) is 67.3 Å². The predicted molar refractivity (Wildman–Crippen MR) is 155 cm³/mol. The Kier molecular flexibility index (Phi) is 8.90. The standard InChI is InChI=1S/C27H30Cl2O6.C4H4O4/c1-15-11-19-18-7-6-16-12-17(30)8-9-24(16,2)26(18,29)21(31)13-25(19,3)27(15,22(32)14-28)35-23(33)20-5-4-10-34-20;5-3(6)1-2-4(7)8/h4-5,8-10,12,15,18-19,21,31H,6-7,11,13-14H2,1-3H3;1-2H,(H,5,6)(H,7,8)/b;2-1+/t15-,18?,19+,21+,24+,25+,26+,27+;/m1./s1. The number of furan rings is 1. The van der Waals surface area contributed by atoms with E-state index < -0.39 is 45.3 Å². The maximum Gasteiger partial charge on any atom is 0.375 e. The summed E-state index contributed by atoms with van der Waals surface area (Å²) < 4.78 is 11.3. The number of Topliss-reactive ketones (excluding diaryl/α,β-unsaturated/α-hetero) is 1. The summed E-state index contributed by atoms with van der Waals surface area (Å²) in [6.45, 7) is 5.81. The number of carbonyl (C=O) groups is 5. The molecule has 8 atom stereocenters. The third-order valence-electron chi connectivity index (χ3n) is 10.1. The summed E-state index contributed by atoms with van der Waals surface area (Å²) in [6.07, 6.45) is 8.55. The van der Waals surface area contributed by atoms with Crippen LogP contribution in [0.2, 0.25) is 0 Å². The van der Waals surface area contributed by atoms with Gasteiger partial charge in [-0.1, -0.05) is 32.4 Å². The monoisotopic (exact) mass is 636 g/mol. The number of carbonyl (C=O) groups excluding carboxylic acids is 3. The molecule has 12 heteroatoms. The fourth-order valence-corrected chi connectivity index (χ4v) is 8.95. The van der Waals surface area contributed by atoms with Gasteiger partial charge in [0.05, 0.1) is 23.1 Å². The van der Waals surface area contributed by atoms with Crippen LogP contribution in [0.4, 0.5) is 0 Å². The molecule has 3 saturated carbocycles. The van der Waals surface area contributed by atoms with Gasteiger partial charge < -0.3 is 24.5 Å². The molecule has 4 aliphatic carbocycles. The van der Waals surface area contributed by atoms with E-state index in [-0.39, 0.29) is 47.4 Å². The van der Waals surface area contributed by atoms with Crippen LogP contribution in [0.1, 0.15) is 57.0 Å². The van der Waals surface area contributed by atoms with Crippen molar-refractivity contribution in [2.45, 2.75) is 63.0 Å². The van der Waals surface area contributed by atoms with Gasteiger partial charge in [-0.25, -0.2) is 14.4 Å². The van der Waals surface area contributed by atoms with Gasteiger partial charge >= 0.3 is 17.9 Å². The highest BCUT2D eigenvalue weighted by molar-refractivity contribution is 6.29. The molecule has 0 bridgehead atoms. The van der Waals surface area contributed by atoms with Gasteiger partial charge in [0.1, 0.15) is 0 Å². The Morgan fingerprint density at radius 2 is 1.79 bits per heavy atom. The average molecular weight is 638 g/mol. The summed E-state index contributed by atoms with van der Waals surface area (Å²) in [6, 6.07) is 3.07. The van der Waals surface area contributed by atoms with Crippen molar-refractivity contribution < 1.29 is 48.4 Å². The van der Waals surface area contributed by atoms with E-state index in [4.69, 9.17) is 42.6 Å². The van der Waals surface area contributed by atoms with Crippen LogP contribution in [0.5, 0.6) is 0 Å². The summed E-state index contributed by atoms with van der Waals surface area (Å²) in [5.74, 6) is -4.64. The summed E-state index contributed by atoms with van der Waals surface area (Å²) in [5.41, 5.74) is -2.20. The number of ketones is 2. The SMILES string of the molecule is C[C@@H]1C[C@H]2C3CCC4=CC(=O)C=C[C@]4(C)[C@@]3(Cl)[C@@H](O)C[C@]2(C)[C@@]1(OC(=O)c1ccco1)C(=O)CCl.O=C(O)/C=C/C(=O)O. The topological polar surface area (TPSA) is 168 Å². The number of rotatable bonds is 6. The van der Waals surface area contributed by atoms with Crippen molar-refractivity contribution in [1.29, 1.82) is 0 Å². The number of aliphatic hydroxyl groups excluding tert-OH is 1. The fourth-order valence-electron chi connectivity index (χ4n) is 8.23. The van der Waals surface area contributed by atoms with Crippen molar-refractivity contribution in [2.24, 2.45) is 28.6 Å². The largest absolute Gasteiger partial charge is 0.478 e. The third kappa shape index (κ3) is 5.07. The first-order valence-electron chi connectivity index (χ1n) is 13.9. The summed E-state index contributed by atoms with van der Waals surface area (Å²) in [4.78, 5) is 56.8. The minimum atomic E-state index is -1.53. The van der Waals surface area contributed by atoms with Gasteiger partial charge in [0.15, 0.2) is 17.2 Å². The molecule has 1 aromatic rings. The number of aliphatic carboxylic acids is 2. The molecule has 10 nitrogen and oxygen atoms in total. The Balaban J connectivity index is 0.000000467. The highest BCUT2D eigenvalue weighted by atomic mass is 35.5. The number of hydrogen-bond donors (Lipinski definition) is 3. The van der Waals surface area contributed by atoms with Gasteiger partial charge in [-0.3, -0.25) is 9.59 Å². The molecule has 0 amide bonds. The van der Waals surface area contributed by atoms with Crippen LogP contribution in [0, 0.1) is 28.6 Å². The number of alkyl halides is 2. The number of allylic oxidation sites excluding steroid dienone is 4. The van der Waals surface area contributed by atoms with Gasteiger partial charge in [0, 0.05) is 28.9 Å². The lowest BCUT2D eigenvalue weighted by molar-refractivity contribution is -0.177. The van der Waals surface area contributed by atoms with Gasteiger partial charge in [0.2, 0.25) is 5.76 Å². The highest BCUT2D eigenvalue weighted by Gasteiger charge is 2.76. The molecule has 1 aromatic heterocycles. The predicted octanol–water partition coefficient (Wildman–Crippen LogP) is 4.58. The van der Waals surface area contributed by atoms with Crippen molar-refractivity contribution in [2.75, 3.05) is 5.88 Å². The smallest absolute Gasteiger partial charge is 0.375 e. The zero-order chi connectivity index (χ0) is 32.0. The molecule has 3 fully saturated rings. The average Bonchev–Trinajstić information content (AvgIpc) is 3.55. The molecule has 3 N–H and O–H groups in total. The van der Waals surface area contributed by atoms with Crippen LogP contribution < -0.4 is 0 Å². The molecule has 232 valence electrons. The van der Waals surface area contributed by atoms with Crippen LogP contribution >= 0.6 is 23.2 Å². The maximum absolute atomic E-state index is 13.6. The Bertz CT molecular complexity index is 1400. The van der Waals surface area contributed by atoms with E-state index in [2.05, 4.69) is 0 Å². The van der Waals surface area contributed by atoms with Crippen molar-refractivity contribution in [3.8, 4) is 0 Å². The molecule has 1 heterocycles. The van der Waals surface area contributed by atoms with Crippen molar-refractivity contribution in [3.05, 3.63) is 60.1 Å². The Hall–Kier alpha value is -3.21. The van der Waals surface area contributed by atoms with Gasteiger partial charge in [-0.15, -0.1) is 23.2 Å². The molecule has 0 radical (unpaired) electrons. The molecule has 43 heavy (non-hydrogen) atoms. The summed E-state index contributed by atoms with van der Waals surface area (Å²) in [7, 11) is 0. The minimum absolute atomic E-state index is 0.00557. The lowest BCUT2D eigenvalue weighted by Gasteiger charge is -2.64. The lowest BCUT2D eigenvalue weighted by Crippen LogP contribution is -2.69. The molecule has 0 spiro atoms. The van der Waals surface area contributed by atoms with E-state index >= 15 is 0 Å². The number of hydrogen-bond acceptors (Lipinski definition) is 8. The minimum Gasteiger partial charge on any atom is -0.478 e. The second-order valence-corrected chi connectivity index (χ2v) is 13.0. The second-order valence-electron chi connectivity index (χ2n) is 12.1. The Morgan fingerprint density at radius 1 is 1.14 bits per heavy atom. The van der Waals surface area contributed by atoms with E-state index in [9.17, 15) is 29.1 Å². The normalized spacial score (nSPS) is 37.7. The molecule has 0 aromatic carbocycles. The summed E-state index contributed by atoms with van der Waals surface area (Å²) >= 11 is 13.6. The second kappa shape index (κ2) is 11.7. The van der Waals surface area contributed by atoms with Crippen LogP contribution in [0.3, 0.4) is 0 Å². The zero-order valence-electron chi connectivity index (χ0n) is 23.9. The quantitative estimate of drug-likeness (QED) is 0.228. The molecular formula is C31H34Cl2O10. The fraction of sp³-hybridized carbons (Fsp3) is 0.516. The van der Waals surface area contributed by atoms with E-state index in [0.717, 1.165) is 5.57 Å². The van der Waals surface area contributed by atoms with E-state index in [0.29, 0.717) is 31.4 Å². The molecular weight excluding hydrogens is 603 g/mol. The molecule has 1 unspecified atom stereocenters. The first-order chi connectivity index (χ1) is 20.1. The van der Waals surface area contributed by atoms with Gasteiger partial charge in [-0.2, -0.15) is 0 Å². The Labute approximate surface area is 258 Å². The van der Waals surface area contributed by atoms with Crippen molar-refractivity contribution in [3.63, 3.8) is 0 Å². The number of carboxylic acid groups (broad SMARTS) is 2. The number of halogens is 2. The number of ether oxygens (including phenoxy) is 1. The lowest BCUT2D eigenvalue weighted by atomic mass is 9.45. The number of fused-ring (bicyclic) bond motifs is 5. The zero-order valence-corrected chi connectivity index (χ0v) is 25.4. The first kappa shape index (κ1) is 32.7. The van der Waals surface area contributed by atoms with E-state index in [1.165, 1.54) is 18.4 Å². The highest BCUT2D eigenvalue weighted by Crippen LogP contribution is 2.72.